The molecule has 2 aliphatic rings. The molecule has 9 heteroatoms. The first kappa shape index (κ1) is 22.2. The zero-order valence-corrected chi connectivity index (χ0v) is 18.1. The molecule has 0 saturated carbocycles. The van der Waals surface area contributed by atoms with Crippen LogP contribution in [0.1, 0.15) is 38.4 Å². The van der Waals surface area contributed by atoms with Gasteiger partial charge in [-0.1, -0.05) is 13.3 Å². The molecule has 4 unspecified atom stereocenters. The number of methoxy groups -OCH3 is 3. The lowest BCUT2D eigenvalue weighted by atomic mass is 9.52. The van der Waals surface area contributed by atoms with Crippen LogP contribution in [0.3, 0.4) is 0 Å². The first-order valence-electron chi connectivity index (χ1n) is 9.78. The van der Waals surface area contributed by atoms with E-state index >= 15 is 0 Å². The van der Waals surface area contributed by atoms with Gasteiger partial charge in [0, 0.05) is 19.1 Å². The van der Waals surface area contributed by atoms with Crippen LogP contribution in [0.15, 0.2) is 12.1 Å². The van der Waals surface area contributed by atoms with Gasteiger partial charge >= 0.3 is 0 Å². The Bertz CT molecular complexity index is 997. The third-order valence-electron chi connectivity index (χ3n) is 6.31. The number of rotatable bonds is 6. The standard InChI is InChI=1S/C22H24N4O5/c1-6-7-16-20(2)30-18(17-14(28-4)8-13(27-3)9-15(17)29-5)21(10-23,11-24)22(16,12-25)19(26)31-20/h8-9,16,18,26H,6-7H2,1-5H3. The summed E-state index contributed by atoms with van der Waals surface area (Å²) in [6, 6.07) is 9.34. The fourth-order valence-corrected chi connectivity index (χ4v) is 4.86. The fourth-order valence-electron chi connectivity index (χ4n) is 4.86. The molecule has 1 aromatic rings. The molecule has 0 amide bonds. The molecule has 1 N–H and O–H groups in total. The first-order chi connectivity index (χ1) is 14.8. The highest BCUT2D eigenvalue weighted by Crippen LogP contribution is 2.68. The van der Waals surface area contributed by atoms with E-state index in [0.29, 0.717) is 18.6 Å². The topological polar surface area (TPSA) is 141 Å². The molecule has 2 bridgehead atoms. The number of ether oxygens (including phenoxy) is 5. The lowest BCUT2D eigenvalue weighted by Gasteiger charge is -2.49. The first-order valence-corrected chi connectivity index (χ1v) is 9.78. The van der Waals surface area contributed by atoms with Gasteiger partial charge < -0.3 is 23.7 Å². The average molecular weight is 424 g/mol. The zero-order chi connectivity index (χ0) is 23.0. The van der Waals surface area contributed by atoms with Crippen LogP contribution in [0, 0.1) is 56.2 Å². The van der Waals surface area contributed by atoms with Crippen LogP contribution < -0.4 is 14.2 Å². The Labute approximate surface area is 181 Å². The second-order valence-electron chi connectivity index (χ2n) is 7.68. The van der Waals surface area contributed by atoms with Gasteiger partial charge in [0.05, 0.1) is 51.0 Å². The minimum absolute atomic E-state index is 0.257. The largest absolute Gasteiger partial charge is 0.496 e. The molecule has 0 aliphatic carbocycles. The van der Waals surface area contributed by atoms with Gasteiger partial charge in [0.25, 0.3) is 0 Å². The molecule has 2 fully saturated rings. The van der Waals surface area contributed by atoms with E-state index in [1.54, 1.807) is 19.1 Å². The SMILES string of the molecule is CCCC1C2(C)OC(=N)C1(C#N)C(C#N)(C#N)C(c1c(OC)cc(OC)cc1OC)O2. The summed E-state index contributed by atoms with van der Waals surface area (Å²) >= 11 is 0. The van der Waals surface area contributed by atoms with Gasteiger partial charge in [-0.2, -0.15) is 15.8 Å². The highest BCUT2D eigenvalue weighted by molar-refractivity contribution is 5.89. The Hall–Kier alpha value is -3.48. The summed E-state index contributed by atoms with van der Waals surface area (Å²) in [7, 11) is 4.34. The van der Waals surface area contributed by atoms with Gasteiger partial charge in [-0.3, -0.25) is 5.41 Å². The van der Waals surface area contributed by atoms with Crippen LogP contribution in [0.5, 0.6) is 17.2 Å². The molecule has 2 aliphatic heterocycles. The summed E-state index contributed by atoms with van der Waals surface area (Å²) < 4.78 is 28.4. The fraction of sp³-hybridized carbons (Fsp3) is 0.545. The van der Waals surface area contributed by atoms with Crippen LogP contribution in [0.2, 0.25) is 0 Å². The van der Waals surface area contributed by atoms with E-state index in [1.807, 2.05) is 19.1 Å². The minimum Gasteiger partial charge on any atom is -0.496 e. The van der Waals surface area contributed by atoms with Crippen molar-refractivity contribution in [2.75, 3.05) is 21.3 Å². The minimum atomic E-state index is -2.09. The molecular weight excluding hydrogens is 400 g/mol. The second kappa shape index (κ2) is 7.65. The molecule has 31 heavy (non-hydrogen) atoms. The van der Waals surface area contributed by atoms with E-state index in [4.69, 9.17) is 29.1 Å². The monoisotopic (exact) mass is 424 g/mol. The number of nitrogens with one attached hydrogen (secondary N) is 1. The van der Waals surface area contributed by atoms with Gasteiger partial charge in [0.1, 0.15) is 23.4 Å². The summed E-state index contributed by atoms with van der Waals surface area (Å²) in [6.07, 6.45) is -0.212. The van der Waals surface area contributed by atoms with Crippen molar-refractivity contribution >= 4 is 5.90 Å². The number of nitriles is 3. The van der Waals surface area contributed by atoms with Crippen LogP contribution in [-0.2, 0) is 9.47 Å². The maximum Gasteiger partial charge on any atom is 0.214 e. The van der Waals surface area contributed by atoms with Crippen LogP contribution >= 0.6 is 0 Å². The summed E-state index contributed by atoms with van der Waals surface area (Å²) in [5.74, 6) is -1.56. The molecular formula is C22H24N4O5. The smallest absolute Gasteiger partial charge is 0.214 e. The number of hydrogen-bond acceptors (Lipinski definition) is 9. The molecule has 3 rings (SSSR count). The number of benzene rings is 1. The third-order valence-corrected chi connectivity index (χ3v) is 6.31. The van der Waals surface area contributed by atoms with Gasteiger partial charge in [0.15, 0.2) is 5.41 Å². The van der Waals surface area contributed by atoms with E-state index in [2.05, 4.69) is 6.07 Å². The van der Waals surface area contributed by atoms with E-state index < -0.39 is 34.5 Å². The molecule has 0 radical (unpaired) electrons. The Morgan fingerprint density at radius 1 is 1.03 bits per heavy atom. The lowest BCUT2D eigenvalue weighted by molar-refractivity contribution is -0.274. The highest BCUT2D eigenvalue weighted by Gasteiger charge is 2.79. The highest BCUT2D eigenvalue weighted by atomic mass is 16.7. The summed E-state index contributed by atoms with van der Waals surface area (Å²) in [6.45, 7) is 3.55. The van der Waals surface area contributed by atoms with Gasteiger partial charge in [0.2, 0.25) is 17.1 Å². The summed E-state index contributed by atoms with van der Waals surface area (Å²) in [4.78, 5) is 0. The molecule has 162 valence electrons. The van der Waals surface area contributed by atoms with Crippen molar-refractivity contribution in [3.8, 4) is 35.5 Å². The number of fused-ring (bicyclic) bond motifs is 2. The predicted molar refractivity (Wildman–Crippen MR) is 107 cm³/mol. The maximum atomic E-state index is 10.3. The lowest BCUT2D eigenvalue weighted by Crippen LogP contribution is -2.58. The van der Waals surface area contributed by atoms with Crippen molar-refractivity contribution in [3.05, 3.63) is 17.7 Å². The summed E-state index contributed by atoms with van der Waals surface area (Å²) in [5, 5.41) is 39.5. The van der Waals surface area contributed by atoms with Crippen LogP contribution in [0.4, 0.5) is 0 Å². The van der Waals surface area contributed by atoms with Crippen molar-refractivity contribution < 1.29 is 23.7 Å². The number of nitrogens with zero attached hydrogens (tertiary/aromatic N) is 3. The quantitative estimate of drug-likeness (QED) is 0.731. The third kappa shape index (κ3) is 2.65. The molecule has 2 saturated heterocycles. The van der Waals surface area contributed by atoms with Crippen molar-refractivity contribution in [2.45, 2.75) is 38.6 Å². The van der Waals surface area contributed by atoms with E-state index in [1.165, 1.54) is 21.3 Å². The van der Waals surface area contributed by atoms with E-state index in [0.717, 1.165) is 0 Å². The van der Waals surface area contributed by atoms with Crippen molar-refractivity contribution in [1.82, 2.24) is 0 Å². The molecule has 1 aromatic carbocycles. The van der Waals surface area contributed by atoms with Gasteiger partial charge in [-0.15, -0.1) is 0 Å². The molecule has 4 atom stereocenters. The van der Waals surface area contributed by atoms with Gasteiger partial charge in [-0.25, -0.2) is 0 Å². The Morgan fingerprint density at radius 2 is 1.61 bits per heavy atom. The molecule has 9 nitrogen and oxygen atoms in total. The maximum absolute atomic E-state index is 10.3. The van der Waals surface area contributed by atoms with Crippen molar-refractivity contribution in [2.24, 2.45) is 16.7 Å². The Kier molecular flexibility index (Phi) is 5.48. The van der Waals surface area contributed by atoms with Crippen LogP contribution in [0.25, 0.3) is 0 Å². The Balaban J connectivity index is 2.40. The normalized spacial score (nSPS) is 30.3. The molecule has 0 spiro atoms. The van der Waals surface area contributed by atoms with Crippen LogP contribution in [-0.4, -0.2) is 33.0 Å². The zero-order valence-electron chi connectivity index (χ0n) is 18.1. The number of hydrogen-bond donors (Lipinski definition) is 1. The second-order valence-corrected chi connectivity index (χ2v) is 7.68. The molecule has 0 aromatic heterocycles. The van der Waals surface area contributed by atoms with Crippen molar-refractivity contribution in [3.63, 3.8) is 0 Å². The predicted octanol–water partition coefficient (Wildman–Crippen LogP) is 3.47. The molecule has 2 heterocycles. The van der Waals surface area contributed by atoms with E-state index in [9.17, 15) is 15.8 Å². The Morgan fingerprint density at radius 3 is 2.03 bits per heavy atom. The van der Waals surface area contributed by atoms with Gasteiger partial charge in [-0.05, 0) is 6.42 Å². The summed E-state index contributed by atoms with van der Waals surface area (Å²) in [5.41, 5.74) is -3.66. The average Bonchev–Trinajstić information content (AvgIpc) is 2.95. The van der Waals surface area contributed by atoms with Crippen molar-refractivity contribution in [1.29, 1.82) is 21.2 Å². The van der Waals surface area contributed by atoms with E-state index in [-0.39, 0.29) is 17.1 Å².